The molecular formula is C17H18N4O2S2. The second-order valence-electron chi connectivity index (χ2n) is 5.41. The molecule has 3 rings (SSSR count). The standard InChI is InChI=1S/C17H18N4O2S2/c1-2-7-24-9-11-8-15(22)21-17(18-11)25-10-14-19-13-6-4-3-5-12(13)16(23)20-14/h3-6,8H,2,7,9-10H2,1H3,(H,18,21,22)(H,19,20,23). The van der Waals surface area contributed by atoms with Gasteiger partial charge >= 0.3 is 0 Å². The number of nitrogens with one attached hydrogen (secondary N) is 2. The number of rotatable bonds is 7. The third-order valence-corrected chi connectivity index (χ3v) is 5.46. The molecule has 2 N–H and O–H groups in total. The van der Waals surface area contributed by atoms with Gasteiger partial charge < -0.3 is 9.97 Å². The van der Waals surface area contributed by atoms with Gasteiger partial charge in [-0.15, -0.1) is 0 Å². The smallest absolute Gasteiger partial charge is 0.258 e. The van der Waals surface area contributed by atoms with Crippen molar-refractivity contribution in [1.82, 2.24) is 19.9 Å². The molecule has 25 heavy (non-hydrogen) atoms. The van der Waals surface area contributed by atoms with E-state index in [0.717, 1.165) is 23.6 Å². The van der Waals surface area contributed by atoms with E-state index >= 15 is 0 Å². The van der Waals surface area contributed by atoms with Crippen molar-refractivity contribution in [3.05, 3.63) is 62.6 Å². The minimum atomic E-state index is -0.162. The summed E-state index contributed by atoms with van der Waals surface area (Å²) in [6, 6.07) is 8.74. The van der Waals surface area contributed by atoms with Crippen LogP contribution in [0.1, 0.15) is 24.9 Å². The molecule has 0 aliphatic carbocycles. The zero-order valence-corrected chi connectivity index (χ0v) is 15.4. The van der Waals surface area contributed by atoms with E-state index in [2.05, 4.69) is 26.9 Å². The van der Waals surface area contributed by atoms with Gasteiger partial charge in [0.05, 0.1) is 22.3 Å². The van der Waals surface area contributed by atoms with Crippen molar-refractivity contribution in [3.8, 4) is 0 Å². The first-order valence-electron chi connectivity index (χ1n) is 7.94. The van der Waals surface area contributed by atoms with Gasteiger partial charge in [-0.05, 0) is 24.3 Å². The summed E-state index contributed by atoms with van der Waals surface area (Å²) in [5, 5.41) is 1.10. The molecule has 0 unspecified atom stereocenters. The number of hydrogen-bond acceptors (Lipinski definition) is 6. The summed E-state index contributed by atoms with van der Waals surface area (Å²) in [6.45, 7) is 2.12. The fourth-order valence-electron chi connectivity index (χ4n) is 2.29. The van der Waals surface area contributed by atoms with E-state index in [1.54, 1.807) is 17.8 Å². The topological polar surface area (TPSA) is 91.5 Å². The Balaban J connectivity index is 1.75. The quantitative estimate of drug-likeness (QED) is 0.375. The molecule has 0 saturated heterocycles. The number of para-hydroxylation sites is 1. The average Bonchev–Trinajstić information content (AvgIpc) is 2.60. The molecule has 0 bridgehead atoms. The monoisotopic (exact) mass is 374 g/mol. The van der Waals surface area contributed by atoms with Crippen molar-refractivity contribution >= 4 is 34.4 Å². The molecule has 3 aromatic rings. The van der Waals surface area contributed by atoms with Crippen LogP contribution < -0.4 is 11.1 Å². The van der Waals surface area contributed by atoms with Crippen LogP contribution in [0.25, 0.3) is 10.9 Å². The maximum Gasteiger partial charge on any atom is 0.258 e. The van der Waals surface area contributed by atoms with Crippen LogP contribution in [0.15, 0.2) is 45.1 Å². The molecular weight excluding hydrogens is 356 g/mol. The van der Waals surface area contributed by atoms with Gasteiger partial charge in [-0.2, -0.15) is 11.8 Å². The Bertz CT molecular complexity index is 984. The van der Waals surface area contributed by atoms with E-state index in [1.165, 1.54) is 17.8 Å². The van der Waals surface area contributed by atoms with Crippen LogP contribution in [-0.2, 0) is 11.5 Å². The molecule has 2 heterocycles. The van der Waals surface area contributed by atoms with Gasteiger partial charge in [0, 0.05) is 11.8 Å². The zero-order valence-electron chi connectivity index (χ0n) is 13.7. The molecule has 0 fully saturated rings. The Hall–Kier alpha value is -2.06. The van der Waals surface area contributed by atoms with Crippen LogP contribution >= 0.6 is 23.5 Å². The highest BCUT2D eigenvalue weighted by atomic mass is 32.2. The first-order chi connectivity index (χ1) is 12.2. The van der Waals surface area contributed by atoms with Crippen LogP contribution in [0.2, 0.25) is 0 Å². The Morgan fingerprint density at radius 1 is 1.08 bits per heavy atom. The number of H-pyrrole nitrogens is 2. The molecule has 8 heteroatoms. The number of thioether (sulfide) groups is 2. The molecule has 130 valence electrons. The normalized spacial score (nSPS) is 11.1. The highest BCUT2D eigenvalue weighted by molar-refractivity contribution is 7.98. The van der Waals surface area contributed by atoms with Crippen molar-refractivity contribution in [1.29, 1.82) is 0 Å². The van der Waals surface area contributed by atoms with Crippen LogP contribution in [0.5, 0.6) is 0 Å². The molecule has 6 nitrogen and oxygen atoms in total. The molecule has 0 aliphatic rings. The molecule has 1 aromatic carbocycles. The molecule has 0 saturated carbocycles. The summed E-state index contributed by atoms with van der Waals surface area (Å²) >= 11 is 3.11. The first-order valence-corrected chi connectivity index (χ1v) is 10.1. The summed E-state index contributed by atoms with van der Waals surface area (Å²) in [7, 11) is 0. The Morgan fingerprint density at radius 2 is 1.92 bits per heavy atom. The van der Waals surface area contributed by atoms with Gasteiger partial charge in [0.15, 0.2) is 5.16 Å². The molecule has 0 radical (unpaired) electrons. The summed E-state index contributed by atoms with van der Waals surface area (Å²) in [4.78, 5) is 38.3. The lowest BCUT2D eigenvalue weighted by molar-refractivity contribution is 0.896. The second-order valence-corrected chi connectivity index (χ2v) is 7.48. The minimum absolute atomic E-state index is 0.160. The highest BCUT2D eigenvalue weighted by Crippen LogP contribution is 2.18. The van der Waals surface area contributed by atoms with Crippen LogP contribution in [0, 0.1) is 0 Å². The van der Waals surface area contributed by atoms with Gasteiger partial charge in [-0.3, -0.25) is 9.59 Å². The predicted molar refractivity (Wildman–Crippen MR) is 103 cm³/mol. The van der Waals surface area contributed by atoms with Crippen LogP contribution in [0.3, 0.4) is 0 Å². The molecule has 0 aliphatic heterocycles. The van der Waals surface area contributed by atoms with Gasteiger partial charge in [-0.1, -0.05) is 30.8 Å². The second kappa shape index (κ2) is 8.35. The van der Waals surface area contributed by atoms with E-state index < -0.39 is 0 Å². The number of nitrogens with zero attached hydrogens (tertiary/aromatic N) is 2. The number of fused-ring (bicyclic) bond motifs is 1. The zero-order chi connectivity index (χ0) is 17.6. The maximum atomic E-state index is 12.1. The van der Waals surface area contributed by atoms with Gasteiger partial charge in [0.1, 0.15) is 5.82 Å². The molecule has 0 atom stereocenters. The van der Waals surface area contributed by atoms with E-state index in [-0.39, 0.29) is 11.1 Å². The lowest BCUT2D eigenvalue weighted by Gasteiger charge is -2.05. The largest absolute Gasteiger partial charge is 0.309 e. The third kappa shape index (κ3) is 4.73. The third-order valence-electron chi connectivity index (χ3n) is 3.38. The van der Waals surface area contributed by atoms with Crippen LogP contribution in [0.4, 0.5) is 0 Å². The highest BCUT2D eigenvalue weighted by Gasteiger charge is 2.07. The summed E-state index contributed by atoms with van der Waals surface area (Å²) < 4.78 is 0. The Morgan fingerprint density at radius 3 is 2.76 bits per heavy atom. The van der Waals surface area contributed by atoms with Crippen LogP contribution in [-0.4, -0.2) is 25.7 Å². The van der Waals surface area contributed by atoms with E-state index in [4.69, 9.17) is 0 Å². The van der Waals surface area contributed by atoms with E-state index in [1.807, 2.05) is 18.2 Å². The fourth-order valence-corrected chi connectivity index (χ4v) is 3.84. The molecule has 2 aromatic heterocycles. The summed E-state index contributed by atoms with van der Waals surface area (Å²) in [5.74, 6) is 2.74. The maximum absolute atomic E-state index is 12.1. The minimum Gasteiger partial charge on any atom is -0.309 e. The number of aromatic nitrogens is 4. The summed E-state index contributed by atoms with van der Waals surface area (Å²) in [5.41, 5.74) is 1.11. The van der Waals surface area contributed by atoms with E-state index in [0.29, 0.717) is 27.6 Å². The Kier molecular flexibility index (Phi) is 5.93. The van der Waals surface area contributed by atoms with Gasteiger partial charge in [-0.25, -0.2) is 9.97 Å². The lowest BCUT2D eigenvalue weighted by Crippen LogP contribution is -2.12. The number of hydrogen-bond donors (Lipinski definition) is 2. The average molecular weight is 374 g/mol. The summed E-state index contributed by atoms with van der Waals surface area (Å²) in [6.07, 6.45) is 1.09. The van der Waals surface area contributed by atoms with Crippen molar-refractivity contribution in [3.63, 3.8) is 0 Å². The van der Waals surface area contributed by atoms with Crippen molar-refractivity contribution < 1.29 is 0 Å². The first kappa shape index (κ1) is 17.8. The fraction of sp³-hybridized carbons (Fsp3) is 0.294. The van der Waals surface area contributed by atoms with Crippen molar-refractivity contribution in [2.24, 2.45) is 0 Å². The molecule has 0 spiro atoms. The lowest BCUT2D eigenvalue weighted by atomic mass is 10.2. The van der Waals surface area contributed by atoms with Gasteiger partial charge in [0.25, 0.3) is 11.1 Å². The predicted octanol–water partition coefficient (Wildman–Crippen LogP) is 2.94. The van der Waals surface area contributed by atoms with E-state index in [9.17, 15) is 9.59 Å². The number of aromatic amines is 2. The SMILES string of the molecule is CCCSCc1cc(=O)[nH]c(SCc2nc3ccccc3c(=O)[nH]2)n1. The number of benzene rings is 1. The van der Waals surface area contributed by atoms with Crippen molar-refractivity contribution in [2.75, 3.05) is 5.75 Å². The van der Waals surface area contributed by atoms with Crippen molar-refractivity contribution in [2.45, 2.75) is 30.0 Å². The van der Waals surface area contributed by atoms with Gasteiger partial charge in [0.2, 0.25) is 0 Å². The molecule has 0 amide bonds. The Labute approximate surface area is 152 Å².